The molecule has 3 heteroatoms. The minimum absolute atomic E-state index is 0.729. The van der Waals surface area contributed by atoms with E-state index in [1.54, 1.807) is 11.8 Å². The first kappa shape index (κ1) is 12.7. The van der Waals surface area contributed by atoms with Crippen LogP contribution in [0.3, 0.4) is 0 Å². The lowest BCUT2D eigenvalue weighted by Gasteiger charge is -2.05. The number of nitriles is 1. The van der Waals surface area contributed by atoms with E-state index in [0.29, 0.717) is 0 Å². The van der Waals surface area contributed by atoms with Crippen LogP contribution in [0.2, 0.25) is 0 Å². The van der Waals surface area contributed by atoms with Crippen molar-refractivity contribution in [2.24, 2.45) is 0 Å². The van der Waals surface area contributed by atoms with Gasteiger partial charge in [0.2, 0.25) is 0 Å². The van der Waals surface area contributed by atoms with Gasteiger partial charge in [-0.05, 0) is 62.2 Å². The number of benzene rings is 1. The highest BCUT2D eigenvalue weighted by atomic mass is 32.2. The van der Waals surface area contributed by atoms with Crippen LogP contribution in [-0.2, 0) is 0 Å². The molecular weight excluding hydrogens is 240 g/mol. The molecule has 0 unspecified atom stereocenters. The lowest BCUT2D eigenvalue weighted by atomic mass is 10.1. The first-order valence-corrected chi connectivity index (χ1v) is 6.54. The molecular formula is C15H14N2S. The van der Waals surface area contributed by atoms with Crippen LogP contribution in [-0.4, -0.2) is 4.98 Å². The number of hydrogen-bond acceptors (Lipinski definition) is 3. The molecule has 0 fully saturated rings. The van der Waals surface area contributed by atoms with Crippen molar-refractivity contribution in [2.45, 2.75) is 30.7 Å². The Balaban J connectivity index is 2.29. The van der Waals surface area contributed by atoms with Crippen LogP contribution < -0.4 is 0 Å². The number of nitrogens with zero attached hydrogens (tertiary/aromatic N) is 2. The van der Waals surface area contributed by atoms with E-state index in [1.165, 1.54) is 5.56 Å². The number of aryl methyl sites for hydroxylation is 3. The van der Waals surface area contributed by atoms with Crippen molar-refractivity contribution >= 4 is 11.8 Å². The second-order valence-corrected chi connectivity index (χ2v) is 5.41. The molecule has 0 aliphatic carbocycles. The van der Waals surface area contributed by atoms with Gasteiger partial charge >= 0.3 is 0 Å². The van der Waals surface area contributed by atoms with E-state index in [2.05, 4.69) is 30.1 Å². The molecule has 0 atom stereocenters. The zero-order valence-electron chi connectivity index (χ0n) is 10.7. The average Bonchev–Trinajstić information content (AvgIpc) is 2.27. The highest BCUT2D eigenvalue weighted by Crippen LogP contribution is 2.28. The Hall–Kier alpha value is -1.79. The van der Waals surface area contributed by atoms with E-state index in [1.807, 2.05) is 32.0 Å². The van der Waals surface area contributed by atoms with Gasteiger partial charge in [0.15, 0.2) is 0 Å². The Morgan fingerprint density at radius 2 is 1.89 bits per heavy atom. The van der Waals surface area contributed by atoms with Crippen molar-refractivity contribution in [3.63, 3.8) is 0 Å². The predicted molar refractivity (Wildman–Crippen MR) is 73.7 cm³/mol. The maximum atomic E-state index is 8.90. The summed E-state index contributed by atoms with van der Waals surface area (Å²) >= 11 is 1.63. The number of pyridine rings is 1. The summed E-state index contributed by atoms with van der Waals surface area (Å²) in [6.07, 6.45) is 0. The van der Waals surface area contributed by atoms with Gasteiger partial charge in [0.25, 0.3) is 0 Å². The fourth-order valence-electron chi connectivity index (χ4n) is 1.80. The molecule has 0 N–H and O–H groups in total. The molecule has 2 nitrogen and oxygen atoms in total. The normalized spacial score (nSPS) is 10.1. The third kappa shape index (κ3) is 2.91. The van der Waals surface area contributed by atoms with E-state index in [4.69, 9.17) is 5.26 Å². The second kappa shape index (κ2) is 5.24. The zero-order valence-corrected chi connectivity index (χ0v) is 11.5. The first-order chi connectivity index (χ1) is 8.58. The van der Waals surface area contributed by atoms with Gasteiger partial charge in [0.1, 0.15) is 5.03 Å². The van der Waals surface area contributed by atoms with Crippen molar-refractivity contribution in [2.75, 3.05) is 0 Å². The minimum atomic E-state index is 0.729. The van der Waals surface area contributed by atoms with Gasteiger partial charge in [-0.3, -0.25) is 0 Å². The summed E-state index contributed by atoms with van der Waals surface area (Å²) < 4.78 is 0. The van der Waals surface area contributed by atoms with Crippen LogP contribution in [0.5, 0.6) is 0 Å². The van der Waals surface area contributed by atoms with Gasteiger partial charge in [-0.15, -0.1) is 0 Å². The molecule has 0 aliphatic heterocycles. The number of hydrogen-bond donors (Lipinski definition) is 0. The third-order valence-corrected chi connectivity index (χ3v) is 3.52. The highest BCUT2D eigenvalue weighted by molar-refractivity contribution is 7.99. The van der Waals surface area contributed by atoms with Gasteiger partial charge in [0, 0.05) is 10.6 Å². The van der Waals surface area contributed by atoms with Crippen LogP contribution in [0, 0.1) is 32.1 Å². The summed E-state index contributed by atoms with van der Waals surface area (Å²) in [4.78, 5) is 5.61. The van der Waals surface area contributed by atoms with Crippen molar-refractivity contribution in [3.8, 4) is 6.07 Å². The fourth-order valence-corrected chi connectivity index (χ4v) is 2.85. The lowest BCUT2D eigenvalue weighted by Crippen LogP contribution is -1.88. The Kier molecular flexibility index (Phi) is 3.69. The maximum Gasteiger partial charge on any atom is 0.101 e. The summed E-state index contributed by atoms with van der Waals surface area (Å²) in [6.45, 7) is 6.03. The first-order valence-electron chi connectivity index (χ1n) is 5.72. The molecule has 0 amide bonds. The van der Waals surface area contributed by atoms with Crippen LogP contribution in [0.1, 0.15) is 22.4 Å². The summed E-state index contributed by atoms with van der Waals surface area (Å²) in [5, 5.41) is 9.90. The summed E-state index contributed by atoms with van der Waals surface area (Å²) in [6, 6.07) is 12.2. The number of rotatable bonds is 2. The molecule has 1 heterocycles. The largest absolute Gasteiger partial charge is 0.246 e. The van der Waals surface area contributed by atoms with Crippen molar-refractivity contribution in [1.82, 2.24) is 4.98 Å². The second-order valence-electron chi connectivity index (χ2n) is 4.31. The van der Waals surface area contributed by atoms with E-state index in [0.717, 1.165) is 26.7 Å². The molecule has 1 aromatic carbocycles. The van der Waals surface area contributed by atoms with Gasteiger partial charge < -0.3 is 0 Å². The third-order valence-electron chi connectivity index (χ3n) is 2.61. The van der Waals surface area contributed by atoms with Crippen molar-refractivity contribution in [3.05, 3.63) is 52.7 Å². The minimum Gasteiger partial charge on any atom is -0.246 e. The van der Waals surface area contributed by atoms with E-state index in [-0.39, 0.29) is 0 Å². The lowest BCUT2D eigenvalue weighted by molar-refractivity contribution is 1.05. The molecule has 1 aromatic heterocycles. The van der Waals surface area contributed by atoms with Gasteiger partial charge in [-0.1, -0.05) is 11.8 Å². The Morgan fingerprint density at radius 1 is 1.11 bits per heavy atom. The van der Waals surface area contributed by atoms with E-state index < -0.39 is 0 Å². The van der Waals surface area contributed by atoms with Gasteiger partial charge in [0.05, 0.1) is 11.6 Å². The predicted octanol–water partition coefficient (Wildman–Crippen LogP) is 4.03. The average molecular weight is 254 g/mol. The van der Waals surface area contributed by atoms with Crippen molar-refractivity contribution < 1.29 is 0 Å². The topological polar surface area (TPSA) is 36.7 Å². The number of aromatic nitrogens is 1. The highest BCUT2D eigenvalue weighted by Gasteiger charge is 2.03. The van der Waals surface area contributed by atoms with E-state index >= 15 is 0 Å². The molecule has 2 rings (SSSR count). The SMILES string of the molecule is Cc1cc(C)nc(Sc2ccc(C#N)c(C)c2)c1. The molecule has 0 spiro atoms. The molecule has 0 radical (unpaired) electrons. The molecule has 90 valence electrons. The standard InChI is InChI=1S/C15H14N2S/c1-10-6-12(3)17-15(7-10)18-14-5-4-13(9-16)11(2)8-14/h4-8H,1-3H3. The van der Waals surface area contributed by atoms with Crippen LogP contribution >= 0.6 is 11.8 Å². The molecule has 0 saturated carbocycles. The van der Waals surface area contributed by atoms with E-state index in [9.17, 15) is 0 Å². The Bertz CT molecular complexity index is 607. The smallest absolute Gasteiger partial charge is 0.101 e. The molecule has 0 bridgehead atoms. The van der Waals surface area contributed by atoms with Gasteiger partial charge in [-0.2, -0.15) is 5.26 Å². The maximum absolute atomic E-state index is 8.90. The van der Waals surface area contributed by atoms with Gasteiger partial charge in [-0.25, -0.2) is 4.98 Å². The van der Waals surface area contributed by atoms with Crippen LogP contribution in [0.25, 0.3) is 0 Å². The molecule has 0 saturated heterocycles. The Labute approximate surface area is 112 Å². The molecule has 0 aliphatic rings. The van der Waals surface area contributed by atoms with Crippen molar-refractivity contribution in [1.29, 1.82) is 5.26 Å². The monoisotopic (exact) mass is 254 g/mol. The molecule has 2 aromatic rings. The summed E-state index contributed by atoms with van der Waals surface area (Å²) in [5.41, 5.74) is 3.98. The molecule has 18 heavy (non-hydrogen) atoms. The summed E-state index contributed by atoms with van der Waals surface area (Å²) in [5.74, 6) is 0. The summed E-state index contributed by atoms with van der Waals surface area (Å²) in [7, 11) is 0. The Morgan fingerprint density at radius 3 is 2.50 bits per heavy atom. The zero-order chi connectivity index (χ0) is 13.1. The fraction of sp³-hybridized carbons (Fsp3) is 0.200. The van der Waals surface area contributed by atoms with Crippen LogP contribution in [0.15, 0.2) is 40.3 Å². The quantitative estimate of drug-likeness (QED) is 0.812. The van der Waals surface area contributed by atoms with Crippen LogP contribution in [0.4, 0.5) is 0 Å².